The van der Waals surface area contributed by atoms with Gasteiger partial charge in [0.05, 0.1) is 12.0 Å². The van der Waals surface area contributed by atoms with Crippen LogP contribution in [0.5, 0.6) is 5.75 Å². The van der Waals surface area contributed by atoms with Gasteiger partial charge in [-0.3, -0.25) is 10.1 Å². The Morgan fingerprint density at radius 1 is 1.00 bits per heavy atom. The van der Waals surface area contributed by atoms with Crippen LogP contribution >= 0.6 is 0 Å². The molecule has 0 heterocycles. The number of nitro benzene ring substituents is 1. The van der Waals surface area contributed by atoms with Crippen molar-refractivity contribution in [2.75, 3.05) is 12.0 Å². The number of methoxy groups -OCH3 is 1. The summed E-state index contributed by atoms with van der Waals surface area (Å²) in [5.41, 5.74) is -2.73. The molecule has 0 spiro atoms. The molecule has 1 aromatic rings. The van der Waals surface area contributed by atoms with Gasteiger partial charge in [0.25, 0.3) is 5.69 Å². The summed E-state index contributed by atoms with van der Waals surface area (Å²) in [6.07, 6.45) is -2.22. The van der Waals surface area contributed by atoms with Gasteiger partial charge in [0, 0.05) is 6.07 Å². The number of carbonyl (C=O) groups is 2. The molecule has 0 bridgehead atoms. The number of para-hydroxylation sites is 1. The normalized spacial score (nSPS) is 11.5. The molecular formula is C17H24N2O7. The molecule has 0 saturated heterocycles. The Hall–Kier alpha value is -2.84. The Bertz CT molecular complexity index is 674. The van der Waals surface area contributed by atoms with E-state index in [2.05, 4.69) is 0 Å². The van der Waals surface area contributed by atoms with Gasteiger partial charge in [-0.25, -0.2) is 9.59 Å². The minimum absolute atomic E-state index is 0.0454. The number of carbonyl (C=O) groups excluding carboxylic acids is 2. The van der Waals surface area contributed by atoms with E-state index < -0.39 is 34.0 Å². The maximum absolute atomic E-state index is 12.7. The van der Waals surface area contributed by atoms with Crippen LogP contribution in [-0.2, 0) is 9.47 Å². The molecule has 0 radical (unpaired) electrons. The first-order valence-corrected chi connectivity index (χ1v) is 7.84. The molecular weight excluding hydrogens is 344 g/mol. The highest BCUT2D eigenvalue weighted by Gasteiger charge is 2.38. The number of nitro groups is 1. The Labute approximate surface area is 152 Å². The predicted molar refractivity (Wildman–Crippen MR) is 94.6 cm³/mol. The van der Waals surface area contributed by atoms with E-state index in [-0.39, 0.29) is 11.4 Å². The van der Waals surface area contributed by atoms with Gasteiger partial charge in [-0.15, -0.1) is 0 Å². The summed E-state index contributed by atoms with van der Waals surface area (Å²) in [6.45, 7) is 9.64. The molecule has 9 nitrogen and oxygen atoms in total. The molecule has 1 rings (SSSR count). The third kappa shape index (κ3) is 5.61. The van der Waals surface area contributed by atoms with Crippen molar-refractivity contribution >= 4 is 23.6 Å². The van der Waals surface area contributed by atoms with Crippen molar-refractivity contribution in [1.82, 2.24) is 0 Å². The summed E-state index contributed by atoms with van der Waals surface area (Å²) >= 11 is 0. The molecule has 9 heteroatoms. The zero-order chi connectivity index (χ0) is 20.3. The summed E-state index contributed by atoms with van der Waals surface area (Å²) < 4.78 is 15.6. The van der Waals surface area contributed by atoms with Gasteiger partial charge < -0.3 is 14.2 Å². The molecule has 26 heavy (non-hydrogen) atoms. The fourth-order valence-electron chi connectivity index (χ4n) is 1.92. The molecule has 0 unspecified atom stereocenters. The Morgan fingerprint density at radius 3 is 1.81 bits per heavy atom. The van der Waals surface area contributed by atoms with Crippen LogP contribution < -0.4 is 9.64 Å². The van der Waals surface area contributed by atoms with Gasteiger partial charge in [-0.05, 0) is 47.6 Å². The lowest BCUT2D eigenvalue weighted by atomic mass is 10.2. The highest BCUT2D eigenvalue weighted by molar-refractivity contribution is 6.12. The maximum atomic E-state index is 12.7. The van der Waals surface area contributed by atoms with Crippen molar-refractivity contribution in [1.29, 1.82) is 0 Å². The van der Waals surface area contributed by atoms with Gasteiger partial charge in [0.15, 0.2) is 5.69 Å². The van der Waals surface area contributed by atoms with Crippen molar-refractivity contribution in [3.8, 4) is 5.75 Å². The lowest BCUT2D eigenvalue weighted by Crippen LogP contribution is -2.44. The Kier molecular flexibility index (Phi) is 6.19. The fourth-order valence-corrected chi connectivity index (χ4v) is 1.92. The largest absolute Gasteiger partial charge is 0.494 e. The maximum Gasteiger partial charge on any atom is 0.424 e. The summed E-state index contributed by atoms with van der Waals surface area (Å²) in [6, 6.07) is 3.92. The van der Waals surface area contributed by atoms with Gasteiger partial charge in [0.2, 0.25) is 0 Å². The van der Waals surface area contributed by atoms with E-state index in [0.717, 1.165) is 6.07 Å². The van der Waals surface area contributed by atoms with E-state index in [1.54, 1.807) is 41.5 Å². The van der Waals surface area contributed by atoms with Crippen molar-refractivity contribution in [2.24, 2.45) is 0 Å². The summed E-state index contributed by atoms with van der Waals surface area (Å²) in [5, 5.41) is 11.4. The highest BCUT2D eigenvalue weighted by atomic mass is 16.6. The number of hydrogen-bond donors (Lipinski definition) is 0. The number of rotatable bonds is 3. The first-order chi connectivity index (χ1) is 11.8. The van der Waals surface area contributed by atoms with E-state index in [0.29, 0.717) is 4.90 Å². The quantitative estimate of drug-likeness (QED) is 0.578. The van der Waals surface area contributed by atoms with Crippen LogP contribution in [0.2, 0.25) is 0 Å². The third-order valence-corrected chi connectivity index (χ3v) is 2.77. The zero-order valence-electron chi connectivity index (χ0n) is 16.0. The molecule has 0 atom stereocenters. The minimum Gasteiger partial charge on any atom is -0.494 e. The van der Waals surface area contributed by atoms with Crippen molar-refractivity contribution < 1.29 is 28.7 Å². The first kappa shape index (κ1) is 21.2. The number of hydrogen-bond acceptors (Lipinski definition) is 7. The minimum atomic E-state index is -1.11. The second kappa shape index (κ2) is 7.59. The molecule has 144 valence electrons. The number of amides is 2. The number of imide groups is 1. The lowest BCUT2D eigenvalue weighted by molar-refractivity contribution is -0.384. The number of benzene rings is 1. The first-order valence-electron chi connectivity index (χ1n) is 7.84. The molecule has 0 saturated carbocycles. The highest BCUT2D eigenvalue weighted by Crippen LogP contribution is 2.39. The van der Waals surface area contributed by atoms with Crippen molar-refractivity contribution in [3.63, 3.8) is 0 Å². The average Bonchev–Trinajstić information content (AvgIpc) is 2.43. The van der Waals surface area contributed by atoms with E-state index in [9.17, 15) is 19.7 Å². The third-order valence-electron chi connectivity index (χ3n) is 2.77. The summed E-state index contributed by atoms with van der Waals surface area (Å²) in [4.78, 5) is 36.5. The smallest absolute Gasteiger partial charge is 0.424 e. The SMILES string of the molecule is COc1cccc([N+](=O)[O-])c1N(C(=O)OC(C)(C)C)C(=O)OC(C)(C)C. The monoisotopic (exact) mass is 368 g/mol. The van der Waals surface area contributed by atoms with Crippen molar-refractivity contribution in [2.45, 2.75) is 52.7 Å². The number of anilines is 1. The van der Waals surface area contributed by atoms with E-state index in [1.807, 2.05) is 0 Å². The molecule has 0 aliphatic rings. The average molecular weight is 368 g/mol. The van der Waals surface area contributed by atoms with Crippen LogP contribution in [-0.4, -0.2) is 35.4 Å². The number of ether oxygens (including phenoxy) is 3. The summed E-state index contributed by atoms with van der Waals surface area (Å²) in [7, 11) is 1.27. The molecule has 0 aliphatic heterocycles. The van der Waals surface area contributed by atoms with Crippen molar-refractivity contribution in [3.05, 3.63) is 28.3 Å². The number of nitrogens with zero attached hydrogens (tertiary/aromatic N) is 2. The molecule has 0 fully saturated rings. The van der Waals surface area contributed by atoms with Crippen LogP contribution in [0.3, 0.4) is 0 Å². The fraction of sp³-hybridized carbons (Fsp3) is 0.529. The van der Waals surface area contributed by atoms with Crippen LogP contribution in [0.15, 0.2) is 18.2 Å². The van der Waals surface area contributed by atoms with Gasteiger partial charge >= 0.3 is 12.2 Å². The Morgan fingerprint density at radius 2 is 1.46 bits per heavy atom. The Balaban J connectivity index is 3.58. The van der Waals surface area contributed by atoms with Crippen LogP contribution in [0, 0.1) is 10.1 Å². The van der Waals surface area contributed by atoms with Gasteiger partial charge in [0.1, 0.15) is 17.0 Å². The topological polar surface area (TPSA) is 108 Å². The molecule has 2 amide bonds. The molecule has 0 aliphatic carbocycles. The molecule has 1 aromatic carbocycles. The lowest BCUT2D eigenvalue weighted by Gasteiger charge is -2.29. The van der Waals surface area contributed by atoms with E-state index >= 15 is 0 Å². The van der Waals surface area contributed by atoms with Gasteiger partial charge in [-0.1, -0.05) is 6.07 Å². The second-order valence-electron chi connectivity index (χ2n) is 7.38. The summed E-state index contributed by atoms with van der Waals surface area (Å²) in [5.74, 6) is -0.0454. The van der Waals surface area contributed by atoms with Gasteiger partial charge in [-0.2, -0.15) is 4.90 Å². The van der Waals surface area contributed by atoms with E-state index in [1.165, 1.54) is 19.2 Å². The molecule has 0 N–H and O–H groups in total. The van der Waals surface area contributed by atoms with Crippen LogP contribution in [0.25, 0.3) is 0 Å². The van der Waals surface area contributed by atoms with E-state index in [4.69, 9.17) is 14.2 Å². The standard InChI is InChI=1S/C17H24N2O7/c1-16(2,3)25-14(20)18(15(21)26-17(4,5)6)13-11(19(22)23)9-8-10-12(13)24-7/h8-10H,1-7H3. The van der Waals surface area contributed by atoms with Crippen LogP contribution in [0.4, 0.5) is 21.0 Å². The zero-order valence-corrected chi connectivity index (χ0v) is 16.0. The van der Waals surface area contributed by atoms with Crippen LogP contribution in [0.1, 0.15) is 41.5 Å². The second-order valence-corrected chi connectivity index (χ2v) is 7.38. The predicted octanol–water partition coefficient (Wildman–Crippen LogP) is 4.28. The molecule has 0 aromatic heterocycles.